The van der Waals surface area contributed by atoms with Crippen LogP contribution in [0.2, 0.25) is 0 Å². The zero-order chi connectivity index (χ0) is 26.0. The van der Waals surface area contributed by atoms with Gasteiger partial charge in [-0.1, -0.05) is 27.7 Å². The second-order valence-electron chi connectivity index (χ2n) is 10.7. The number of hydrogen-bond donors (Lipinski definition) is 0. The van der Waals surface area contributed by atoms with E-state index in [0.717, 1.165) is 25.9 Å². The summed E-state index contributed by atoms with van der Waals surface area (Å²) >= 11 is 1.44. The maximum Gasteiger partial charge on any atom is 0.276 e. The molecule has 10 heteroatoms. The number of hydroxylamine groups is 2. The maximum atomic E-state index is 13.8. The lowest BCUT2D eigenvalue weighted by Gasteiger charge is -2.49. The van der Waals surface area contributed by atoms with Gasteiger partial charge in [0.1, 0.15) is 6.04 Å². The Morgan fingerprint density at radius 1 is 1.14 bits per heavy atom. The SMILES string of the molecule is CC(C)C[C@H]1ON(C(=O)/C=C/c2cscn2)C2=CN(C3CCN(C)CC3)C(=O)[C@H](CC(C)C)N2C1=O. The van der Waals surface area contributed by atoms with E-state index in [-0.39, 0.29) is 29.7 Å². The fourth-order valence-electron chi connectivity index (χ4n) is 4.97. The summed E-state index contributed by atoms with van der Waals surface area (Å²) in [6, 6.07) is -0.655. The second-order valence-corrected chi connectivity index (χ2v) is 11.4. The first-order valence-corrected chi connectivity index (χ1v) is 13.7. The van der Waals surface area contributed by atoms with Crippen LogP contribution in [0.25, 0.3) is 6.08 Å². The van der Waals surface area contributed by atoms with Crippen LogP contribution < -0.4 is 0 Å². The van der Waals surface area contributed by atoms with Crippen molar-refractivity contribution >= 4 is 35.1 Å². The number of fused-ring (bicyclic) bond motifs is 1. The molecule has 3 aliphatic heterocycles. The molecule has 0 bridgehead atoms. The van der Waals surface area contributed by atoms with Crippen LogP contribution in [0.4, 0.5) is 0 Å². The van der Waals surface area contributed by atoms with Crippen molar-refractivity contribution in [3.63, 3.8) is 0 Å². The quantitative estimate of drug-likeness (QED) is 0.518. The second kappa shape index (κ2) is 11.2. The monoisotopic (exact) mass is 515 g/mol. The minimum atomic E-state index is -0.837. The van der Waals surface area contributed by atoms with Crippen LogP contribution in [0.15, 0.2) is 29.0 Å². The van der Waals surface area contributed by atoms with Crippen LogP contribution in [0, 0.1) is 11.8 Å². The van der Waals surface area contributed by atoms with Crippen molar-refractivity contribution in [2.24, 2.45) is 11.8 Å². The first kappa shape index (κ1) is 26.5. The number of likely N-dealkylation sites (tertiary alicyclic amines) is 1. The number of nitrogens with zero attached hydrogens (tertiary/aromatic N) is 5. The first-order chi connectivity index (χ1) is 17.2. The molecule has 2 fully saturated rings. The van der Waals surface area contributed by atoms with Crippen molar-refractivity contribution in [1.29, 1.82) is 0 Å². The van der Waals surface area contributed by atoms with Crippen LogP contribution in [-0.4, -0.2) is 80.8 Å². The topological polar surface area (TPSA) is 86.3 Å². The largest absolute Gasteiger partial charge is 0.310 e. The summed E-state index contributed by atoms with van der Waals surface area (Å²) in [5.74, 6) is -0.0774. The molecule has 0 unspecified atom stereocenters. The minimum Gasteiger partial charge on any atom is -0.310 e. The van der Waals surface area contributed by atoms with E-state index in [0.29, 0.717) is 24.4 Å². The van der Waals surface area contributed by atoms with Crippen molar-refractivity contribution in [2.45, 2.75) is 71.6 Å². The molecule has 1 aromatic heterocycles. The predicted molar refractivity (Wildman–Crippen MR) is 138 cm³/mol. The van der Waals surface area contributed by atoms with Crippen LogP contribution in [0.1, 0.15) is 59.1 Å². The molecule has 0 N–H and O–H groups in total. The molecule has 2 saturated heterocycles. The van der Waals surface area contributed by atoms with Gasteiger partial charge in [-0.15, -0.1) is 11.3 Å². The molecule has 9 nitrogen and oxygen atoms in total. The minimum absolute atomic E-state index is 0.0176. The molecule has 2 atom stereocenters. The first-order valence-electron chi connectivity index (χ1n) is 12.8. The fourth-order valence-corrected chi connectivity index (χ4v) is 5.49. The van der Waals surface area contributed by atoms with Gasteiger partial charge in [0, 0.05) is 17.5 Å². The number of hydrogen-bond acceptors (Lipinski definition) is 7. The molecule has 4 heterocycles. The van der Waals surface area contributed by atoms with E-state index in [1.807, 2.05) is 33.1 Å². The highest BCUT2D eigenvalue weighted by molar-refractivity contribution is 7.07. The highest BCUT2D eigenvalue weighted by atomic mass is 32.1. The van der Waals surface area contributed by atoms with Gasteiger partial charge in [-0.25, -0.2) is 4.98 Å². The van der Waals surface area contributed by atoms with Crippen LogP contribution in [-0.2, 0) is 19.2 Å². The van der Waals surface area contributed by atoms with E-state index >= 15 is 0 Å². The molecule has 4 rings (SSSR count). The zero-order valence-corrected chi connectivity index (χ0v) is 22.6. The van der Waals surface area contributed by atoms with Gasteiger partial charge in [0.05, 0.1) is 17.4 Å². The fraction of sp³-hybridized carbons (Fsp3) is 0.615. The third-order valence-electron chi connectivity index (χ3n) is 6.82. The molecule has 3 amide bonds. The Labute approximate surface area is 217 Å². The molecule has 0 radical (unpaired) electrons. The number of amides is 3. The van der Waals surface area contributed by atoms with Crippen molar-refractivity contribution in [3.8, 4) is 0 Å². The normalized spacial score (nSPS) is 24.3. The summed E-state index contributed by atoms with van der Waals surface area (Å²) in [6.07, 6.45) is 6.49. The van der Waals surface area contributed by atoms with Gasteiger partial charge in [0.25, 0.3) is 11.8 Å². The lowest BCUT2D eigenvalue weighted by atomic mass is 9.95. The Bertz CT molecular complexity index is 1010. The van der Waals surface area contributed by atoms with Crippen molar-refractivity contribution < 1.29 is 19.2 Å². The van der Waals surface area contributed by atoms with E-state index in [4.69, 9.17) is 4.84 Å². The molecule has 0 spiro atoms. The van der Waals surface area contributed by atoms with Crippen LogP contribution in [0.3, 0.4) is 0 Å². The average molecular weight is 516 g/mol. The molecule has 36 heavy (non-hydrogen) atoms. The summed E-state index contributed by atoms with van der Waals surface area (Å²) in [4.78, 5) is 56.7. The van der Waals surface area contributed by atoms with Gasteiger partial charge in [0.15, 0.2) is 11.9 Å². The molecule has 0 aliphatic carbocycles. The van der Waals surface area contributed by atoms with Crippen molar-refractivity contribution in [1.82, 2.24) is 24.7 Å². The standard InChI is InChI=1S/C26H37N5O4S/c1-17(2)12-21-25(33)29(20-8-10-28(5)11-9-20)14-23-30(21)26(34)22(13-18(3)4)35-31(23)24(32)7-6-19-15-36-16-27-19/h6-7,14-18,20-22H,8-13H2,1-5H3/b7-6+/t21-,22+/m0/s1. The number of thiazole rings is 1. The van der Waals surface area contributed by atoms with Gasteiger partial charge >= 0.3 is 0 Å². The van der Waals surface area contributed by atoms with E-state index in [2.05, 4.69) is 16.9 Å². The molecule has 196 valence electrons. The number of piperidine rings is 1. The summed E-state index contributed by atoms with van der Waals surface area (Å²) in [5, 5.41) is 3.05. The molecular weight excluding hydrogens is 478 g/mol. The Kier molecular flexibility index (Phi) is 8.27. The van der Waals surface area contributed by atoms with E-state index in [1.165, 1.54) is 27.4 Å². The van der Waals surface area contributed by atoms with Crippen molar-refractivity contribution in [3.05, 3.63) is 34.7 Å². The molecule has 0 aromatic carbocycles. The number of carbonyl (C=O) groups excluding carboxylic acids is 3. The summed E-state index contributed by atoms with van der Waals surface area (Å²) in [6.45, 7) is 9.88. The predicted octanol–water partition coefficient (Wildman–Crippen LogP) is 3.32. The Balaban J connectivity index is 1.74. The van der Waals surface area contributed by atoms with Gasteiger partial charge in [-0.3, -0.25) is 24.1 Å². The third-order valence-corrected chi connectivity index (χ3v) is 7.42. The van der Waals surface area contributed by atoms with Crippen molar-refractivity contribution in [2.75, 3.05) is 20.1 Å². The van der Waals surface area contributed by atoms with E-state index in [9.17, 15) is 14.4 Å². The summed E-state index contributed by atoms with van der Waals surface area (Å²) < 4.78 is 0. The van der Waals surface area contributed by atoms with Gasteiger partial charge < -0.3 is 9.80 Å². The third kappa shape index (κ3) is 5.71. The summed E-state index contributed by atoms with van der Waals surface area (Å²) in [7, 11) is 2.08. The number of rotatable bonds is 7. The highest BCUT2D eigenvalue weighted by Gasteiger charge is 2.50. The van der Waals surface area contributed by atoms with Gasteiger partial charge in [-0.2, -0.15) is 5.06 Å². The van der Waals surface area contributed by atoms with Crippen LogP contribution >= 0.6 is 11.3 Å². The van der Waals surface area contributed by atoms with E-state index in [1.54, 1.807) is 22.7 Å². The Morgan fingerprint density at radius 2 is 1.83 bits per heavy atom. The van der Waals surface area contributed by atoms with E-state index < -0.39 is 18.1 Å². The van der Waals surface area contributed by atoms with Gasteiger partial charge in [0.2, 0.25) is 5.91 Å². The lowest BCUT2D eigenvalue weighted by molar-refractivity contribution is -0.226. The smallest absolute Gasteiger partial charge is 0.276 e. The zero-order valence-electron chi connectivity index (χ0n) is 21.8. The Hall–Kier alpha value is -2.56. The Morgan fingerprint density at radius 3 is 2.44 bits per heavy atom. The lowest BCUT2D eigenvalue weighted by Crippen LogP contribution is -2.64. The molecular formula is C26H37N5O4S. The summed E-state index contributed by atoms with van der Waals surface area (Å²) in [5.41, 5.74) is 2.38. The number of aromatic nitrogens is 1. The maximum absolute atomic E-state index is 13.8. The average Bonchev–Trinajstić information content (AvgIpc) is 3.34. The van der Waals surface area contributed by atoms with Crippen LogP contribution in [0.5, 0.6) is 0 Å². The molecule has 3 aliphatic rings. The molecule has 1 aromatic rings. The van der Waals surface area contributed by atoms with Gasteiger partial charge in [-0.05, 0) is 63.7 Å². The highest BCUT2D eigenvalue weighted by Crippen LogP contribution is 2.35. The molecule has 0 saturated carbocycles. The number of carbonyl (C=O) groups is 3.